The highest BCUT2D eigenvalue weighted by molar-refractivity contribution is 5.44. The molecule has 0 aromatic heterocycles. The summed E-state index contributed by atoms with van der Waals surface area (Å²) >= 11 is 0. The van der Waals surface area contributed by atoms with Crippen molar-refractivity contribution in [2.24, 2.45) is 0 Å². The van der Waals surface area contributed by atoms with Crippen LogP contribution in [0.4, 0.5) is 0 Å². The van der Waals surface area contributed by atoms with Crippen molar-refractivity contribution in [3.63, 3.8) is 0 Å². The van der Waals surface area contributed by atoms with Gasteiger partial charge in [0.2, 0.25) is 0 Å². The van der Waals surface area contributed by atoms with Crippen molar-refractivity contribution in [3.8, 4) is 17.2 Å². The molecule has 2 heterocycles. The molecule has 2 aliphatic rings. The number of aryl methyl sites for hydroxylation is 1. The van der Waals surface area contributed by atoms with Crippen molar-refractivity contribution < 1.29 is 14.5 Å². The van der Waals surface area contributed by atoms with Crippen LogP contribution in [-0.2, 0) is 19.4 Å². The van der Waals surface area contributed by atoms with Crippen LogP contribution in [-0.4, -0.2) is 18.6 Å². The van der Waals surface area contributed by atoms with E-state index >= 15 is 0 Å². The first-order chi connectivity index (χ1) is 18.5. The number of fused-ring (bicyclic) bond motifs is 4. The minimum absolute atomic E-state index is 0.438. The largest absolute Gasteiger partial charge is 0.497 e. The molecule has 0 radical (unpaired) electrons. The maximum atomic E-state index is 5.58. The van der Waals surface area contributed by atoms with Crippen molar-refractivity contribution >= 4 is 0 Å². The van der Waals surface area contributed by atoms with Crippen LogP contribution in [0.15, 0.2) is 85.5 Å². The molecule has 1 unspecified atom stereocenters. The van der Waals surface area contributed by atoms with E-state index in [9.17, 15) is 0 Å². The van der Waals surface area contributed by atoms with E-state index in [1.54, 1.807) is 13.2 Å². The fourth-order valence-corrected chi connectivity index (χ4v) is 4.41. The lowest BCUT2D eigenvalue weighted by molar-refractivity contribution is -0.100. The van der Waals surface area contributed by atoms with Gasteiger partial charge in [-0.15, -0.1) is 0 Å². The summed E-state index contributed by atoms with van der Waals surface area (Å²) < 4.78 is 5.41. The molecule has 0 fully saturated rings. The summed E-state index contributed by atoms with van der Waals surface area (Å²) in [5.41, 5.74) is 7.78. The van der Waals surface area contributed by atoms with Gasteiger partial charge in [-0.1, -0.05) is 82.3 Å². The van der Waals surface area contributed by atoms with Crippen LogP contribution in [0.5, 0.6) is 17.2 Å². The van der Waals surface area contributed by atoms with Gasteiger partial charge in [-0.2, -0.15) is 0 Å². The van der Waals surface area contributed by atoms with Crippen molar-refractivity contribution in [1.82, 2.24) is 4.90 Å². The van der Waals surface area contributed by atoms with E-state index in [4.69, 9.17) is 14.5 Å². The van der Waals surface area contributed by atoms with Crippen LogP contribution in [0.3, 0.4) is 0 Å². The van der Waals surface area contributed by atoms with E-state index in [1.165, 1.54) is 27.8 Å². The zero-order chi connectivity index (χ0) is 28.1. The SMILES string of the molecule is C=CC(=C)C.CC.CC.COc1ccc2c(c1)CCN1Cc3cc(OOc4ccc(C)cc4)ccc3CC21. The van der Waals surface area contributed by atoms with Gasteiger partial charge < -0.3 is 4.74 Å². The number of ether oxygens (including phenoxy) is 1. The molecular weight excluding hydrogens is 470 g/mol. The second kappa shape index (κ2) is 15.7. The molecule has 204 valence electrons. The molecule has 0 saturated carbocycles. The number of allylic oxidation sites excluding steroid dienone is 2. The molecule has 1 atom stereocenters. The lowest BCUT2D eigenvalue weighted by Crippen LogP contribution is -2.39. The van der Waals surface area contributed by atoms with Crippen LogP contribution < -0.4 is 14.5 Å². The topological polar surface area (TPSA) is 30.9 Å². The molecular formula is C34H45NO3. The second-order valence-corrected chi connectivity index (χ2v) is 8.97. The lowest BCUT2D eigenvalue weighted by Gasteiger charge is -2.41. The first-order valence-corrected chi connectivity index (χ1v) is 13.7. The Labute approximate surface area is 230 Å². The van der Waals surface area contributed by atoms with Gasteiger partial charge >= 0.3 is 0 Å². The van der Waals surface area contributed by atoms with E-state index in [0.717, 1.165) is 43.0 Å². The van der Waals surface area contributed by atoms with Gasteiger partial charge in [0.1, 0.15) is 5.75 Å². The Balaban J connectivity index is 0.000000500. The van der Waals surface area contributed by atoms with E-state index in [-0.39, 0.29) is 0 Å². The third-order valence-electron chi connectivity index (χ3n) is 6.39. The van der Waals surface area contributed by atoms with E-state index in [0.29, 0.717) is 11.8 Å². The number of hydrogen-bond donors (Lipinski definition) is 0. The summed E-state index contributed by atoms with van der Waals surface area (Å²) in [6, 6.07) is 21.1. The summed E-state index contributed by atoms with van der Waals surface area (Å²) in [5, 5.41) is 0. The Morgan fingerprint density at radius 3 is 2.05 bits per heavy atom. The normalized spacial score (nSPS) is 14.7. The van der Waals surface area contributed by atoms with Crippen molar-refractivity contribution in [3.05, 3.63) is 113 Å². The first-order valence-electron chi connectivity index (χ1n) is 13.7. The molecule has 3 aromatic carbocycles. The Morgan fingerprint density at radius 2 is 1.42 bits per heavy atom. The Kier molecular flexibility index (Phi) is 12.7. The highest BCUT2D eigenvalue weighted by Crippen LogP contribution is 2.39. The molecule has 0 saturated heterocycles. The summed E-state index contributed by atoms with van der Waals surface area (Å²) in [7, 11) is 1.73. The fraction of sp³-hybridized carbons (Fsp3) is 0.353. The van der Waals surface area contributed by atoms with Crippen LogP contribution in [0.25, 0.3) is 0 Å². The number of benzene rings is 3. The first kappa shape index (κ1) is 30.7. The molecule has 0 amide bonds. The van der Waals surface area contributed by atoms with Gasteiger partial charge in [-0.05, 0) is 85.3 Å². The average Bonchev–Trinajstić information content (AvgIpc) is 2.97. The number of hydrogen-bond acceptors (Lipinski definition) is 4. The highest BCUT2D eigenvalue weighted by atomic mass is 17.2. The monoisotopic (exact) mass is 515 g/mol. The van der Waals surface area contributed by atoms with Crippen LogP contribution in [0, 0.1) is 6.92 Å². The van der Waals surface area contributed by atoms with Crippen molar-refractivity contribution in [2.45, 2.75) is 67.0 Å². The standard InChI is InChI=1S/C25H25NO3.C5H8.2C2H6/c1-17-3-6-21(7-4-17)28-29-23-8-5-18-15-25-24-10-9-22(27-2)13-19(24)11-12-26(25)16-20(18)14-23;1-4-5(2)3;2*1-2/h3-10,13-14,25H,11-12,15-16H2,1-2H3;4H,1-2H2,3H3;2*1-2H3. The minimum Gasteiger partial charge on any atom is -0.497 e. The molecule has 0 spiro atoms. The second-order valence-electron chi connectivity index (χ2n) is 8.97. The zero-order valence-corrected chi connectivity index (χ0v) is 24.3. The van der Waals surface area contributed by atoms with Gasteiger partial charge in [0.05, 0.1) is 7.11 Å². The maximum Gasteiger partial charge on any atom is 0.178 e. The summed E-state index contributed by atoms with van der Waals surface area (Å²) in [4.78, 5) is 13.6. The van der Waals surface area contributed by atoms with Gasteiger partial charge in [0.15, 0.2) is 11.5 Å². The maximum absolute atomic E-state index is 5.58. The Bertz CT molecular complexity index is 1170. The Hall–Kier alpha value is -3.50. The summed E-state index contributed by atoms with van der Waals surface area (Å²) in [6.07, 6.45) is 3.80. The zero-order valence-electron chi connectivity index (χ0n) is 24.3. The third-order valence-corrected chi connectivity index (χ3v) is 6.39. The molecule has 0 aliphatic carbocycles. The molecule has 38 heavy (non-hydrogen) atoms. The Morgan fingerprint density at radius 1 is 0.842 bits per heavy atom. The van der Waals surface area contributed by atoms with Gasteiger partial charge in [0, 0.05) is 19.1 Å². The smallest absolute Gasteiger partial charge is 0.178 e. The quantitative estimate of drug-likeness (QED) is 0.193. The molecule has 4 heteroatoms. The summed E-state index contributed by atoms with van der Waals surface area (Å²) in [5.74, 6) is 2.39. The van der Waals surface area contributed by atoms with Gasteiger partial charge in [-0.3, -0.25) is 14.7 Å². The number of rotatable bonds is 5. The van der Waals surface area contributed by atoms with Crippen molar-refractivity contribution in [1.29, 1.82) is 0 Å². The predicted octanol–water partition coefficient (Wildman–Crippen LogP) is 8.83. The molecule has 0 N–H and O–H groups in total. The molecule has 5 rings (SSSR count). The molecule has 3 aromatic rings. The number of methoxy groups -OCH3 is 1. The van der Waals surface area contributed by atoms with Gasteiger partial charge in [0.25, 0.3) is 0 Å². The summed E-state index contributed by atoms with van der Waals surface area (Å²) in [6.45, 7) is 21.0. The van der Waals surface area contributed by atoms with E-state index < -0.39 is 0 Å². The van der Waals surface area contributed by atoms with E-state index in [1.807, 2.05) is 65.0 Å². The van der Waals surface area contributed by atoms with E-state index in [2.05, 4.69) is 55.3 Å². The fourth-order valence-electron chi connectivity index (χ4n) is 4.41. The van der Waals surface area contributed by atoms with Crippen molar-refractivity contribution in [2.75, 3.05) is 13.7 Å². The lowest BCUT2D eigenvalue weighted by atomic mass is 9.84. The number of nitrogens with zero attached hydrogens (tertiary/aromatic N) is 1. The average molecular weight is 516 g/mol. The van der Waals surface area contributed by atoms with Gasteiger partial charge in [-0.25, -0.2) is 0 Å². The van der Waals surface area contributed by atoms with Crippen LogP contribution in [0.1, 0.15) is 68.5 Å². The third kappa shape index (κ3) is 8.26. The molecule has 2 aliphatic heterocycles. The molecule has 4 nitrogen and oxygen atoms in total. The molecule has 0 bridgehead atoms. The predicted molar refractivity (Wildman–Crippen MR) is 160 cm³/mol. The van der Waals surface area contributed by atoms with Crippen LogP contribution >= 0.6 is 0 Å². The highest BCUT2D eigenvalue weighted by Gasteiger charge is 2.32. The minimum atomic E-state index is 0.438. The van der Waals surface area contributed by atoms with Crippen LogP contribution in [0.2, 0.25) is 0 Å².